The van der Waals surface area contributed by atoms with Gasteiger partial charge in [0.05, 0.1) is 17.7 Å². The van der Waals surface area contributed by atoms with Crippen LogP contribution in [0.5, 0.6) is 0 Å². The summed E-state index contributed by atoms with van der Waals surface area (Å²) in [4.78, 5) is 13.1. The number of carbonyl (C=O) groups excluding carboxylic acids is 1. The number of hydrogen-bond donors (Lipinski definition) is 1. The second-order valence-electron chi connectivity index (χ2n) is 5.41. The van der Waals surface area contributed by atoms with Crippen LogP contribution in [-0.2, 0) is 17.4 Å². The van der Waals surface area contributed by atoms with Crippen LogP contribution in [-0.4, -0.2) is 5.91 Å². The van der Waals surface area contributed by atoms with Crippen LogP contribution in [0.15, 0.2) is 48.5 Å². The van der Waals surface area contributed by atoms with Gasteiger partial charge in [0.1, 0.15) is 0 Å². The number of rotatable bonds is 3. The molecule has 3 rings (SSSR count). The average Bonchev–Trinajstić information content (AvgIpc) is 2.83. The second-order valence-corrected chi connectivity index (χ2v) is 6.55. The molecule has 124 valence electrons. The molecule has 0 saturated heterocycles. The zero-order valence-corrected chi connectivity index (χ0v) is 13.6. The number of aryl methyl sites for hydroxylation is 1. The van der Waals surface area contributed by atoms with Crippen molar-refractivity contribution in [3.8, 4) is 0 Å². The van der Waals surface area contributed by atoms with E-state index in [9.17, 15) is 18.0 Å². The molecule has 0 atom stereocenters. The van der Waals surface area contributed by atoms with Crippen molar-refractivity contribution >= 4 is 33.0 Å². The Labute approximate surface area is 140 Å². The van der Waals surface area contributed by atoms with Gasteiger partial charge in [-0.15, -0.1) is 11.3 Å². The van der Waals surface area contributed by atoms with Gasteiger partial charge in [0, 0.05) is 9.58 Å². The molecule has 1 aromatic heterocycles. The minimum absolute atomic E-state index is 0.0529. The van der Waals surface area contributed by atoms with Crippen LogP contribution >= 0.6 is 11.3 Å². The van der Waals surface area contributed by atoms with Gasteiger partial charge in [-0.25, -0.2) is 0 Å². The third-order valence-corrected chi connectivity index (χ3v) is 5.04. The van der Waals surface area contributed by atoms with E-state index in [0.29, 0.717) is 0 Å². The number of hydrogen-bond acceptors (Lipinski definition) is 2. The van der Waals surface area contributed by atoms with Crippen LogP contribution in [0.4, 0.5) is 18.9 Å². The van der Waals surface area contributed by atoms with Crippen molar-refractivity contribution in [1.29, 1.82) is 0 Å². The Morgan fingerprint density at radius 2 is 1.75 bits per heavy atom. The predicted molar refractivity (Wildman–Crippen MR) is 90.3 cm³/mol. The van der Waals surface area contributed by atoms with Gasteiger partial charge in [-0.05, 0) is 36.1 Å². The molecule has 2 aromatic carbocycles. The summed E-state index contributed by atoms with van der Waals surface area (Å²) >= 11 is 1.49. The summed E-state index contributed by atoms with van der Waals surface area (Å²) in [7, 11) is 0. The molecule has 1 heterocycles. The Bertz CT molecular complexity index is 899. The number of para-hydroxylation sites is 1. The number of fused-ring (bicyclic) bond motifs is 1. The lowest BCUT2D eigenvalue weighted by atomic mass is 10.1. The molecule has 0 aliphatic heterocycles. The van der Waals surface area contributed by atoms with E-state index in [1.54, 1.807) is 0 Å². The highest BCUT2D eigenvalue weighted by molar-refractivity contribution is 7.19. The Hall–Kier alpha value is -2.34. The van der Waals surface area contributed by atoms with E-state index >= 15 is 0 Å². The molecule has 2 nitrogen and oxygen atoms in total. The smallest absolute Gasteiger partial charge is 0.325 e. The molecule has 0 spiro atoms. The van der Waals surface area contributed by atoms with Gasteiger partial charge in [0.15, 0.2) is 0 Å². The summed E-state index contributed by atoms with van der Waals surface area (Å²) in [6.07, 6.45) is -4.45. The number of thiophene rings is 1. The normalized spacial score (nSPS) is 11.7. The van der Waals surface area contributed by atoms with Crippen molar-refractivity contribution in [3.05, 3.63) is 64.5 Å². The first-order valence-electron chi connectivity index (χ1n) is 7.29. The molecule has 1 N–H and O–H groups in total. The fourth-order valence-corrected chi connectivity index (χ4v) is 3.78. The second kappa shape index (κ2) is 6.28. The quantitative estimate of drug-likeness (QED) is 0.673. The zero-order valence-electron chi connectivity index (χ0n) is 12.8. The maximum atomic E-state index is 13.0. The van der Waals surface area contributed by atoms with Crippen molar-refractivity contribution in [2.75, 3.05) is 5.32 Å². The largest absolute Gasteiger partial charge is 0.418 e. The Kier molecular flexibility index (Phi) is 4.32. The first-order chi connectivity index (χ1) is 11.4. The lowest BCUT2D eigenvalue weighted by Crippen LogP contribution is -2.18. The number of anilines is 1. The number of halogens is 3. The summed E-state index contributed by atoms with van der Waals surface area (Å²) < 4.78 is 40.0. The lowest BCUT2D eigenvalue weighted by molar-refractivity contribution is -0.137. The van der Waals surface area contributed by atoms with Crippen molar-refractivity contribution < 1.29 is 18.0 Å². The molecule has 1 amide bonds. The summed E-state index contributed by atoms with van der Waals surface area (Å²) in [6, 6.07) is 12.8. The van der Waals surface area contributed by atoms with E-state index in [2.05, 4.69) is 5.32 Å². The fourth-order valence-electron chi connectivity index (χ4n) is 2.57. The van der Waals surface area contributed by atoms with Gasteiger partial charge in [0.25, 0.3) is 0 Å². The van der Waals surface area contributed by atoms with Crippen LogP contribution in [0, 0.1) is 6.92 Å². The number of amides is 1. The van der Waals surface area contributed by atoms with E-state index in [0.717, 1.165) is 26.6 Å². The summed E-state index contributed by atoms with van der Waals surface area (Å²) in [6.45, 7) is 1.92. The van der Waals surface area contributed by atoms with Crippen LogP contribution in [0.2, 0.25) is 0 Å². The van der Waals surface area contributed by atoms with Gasteiger partial charge in [0.2, 0.25) is 5.91 Å². The van der Waals surface area contributed by atoms with Gasteiger partial charge in [-0.2, -0.15) is 13.2 Å². The van der Waals surface area contributed by atoms with Crippen LogP contribution in [0.1, 0.15) is 16.0 Å². The molecule has 0 bridgehead atoms. The van der Waals surface area contributed by atoms with Crippen LogP contribution in [0.3, 0.4) is 0 Å². The minimum Gasteiger partial charge on any atom is -0.325 e. The van der Waals surface area contributed by atoms with Crippen molar-refractivity contribution in [2.24, 2.45) is 0 Å². The minimum atomic E-state index is -4.50. The maximum absolute atomic E-state index is 13.0. The van der Waals surface area contributed by atoms with Gasteiger partial charge in [-0.3, -0.25) is 4.79 Å². The van der Waals surface area contributed by atoms with Gasteiger partial charge < -0.3 is 5.32 Å². The predicted octanol–water partition coefficient (Wildman–Crippen LogP) is 5.41. The number of alkyl halides is 3. The standard InChI is InChI=1S/C18H14F3NOS/c1-11-12-6-2-5-9-15(12)24-16(11)10-17(23)22-14-8-4-3-7-13(14)18(19,20)21/h2-9H,10H2,1H3,(H,22,23). The number of benzene rings is 2. The number of carbonyl (C=O) groups is 1. The monoisotopic (exact) mass is 349 g/mol. The van der Waals surface area contributed by atoms with Crippen molar-refractivity contribution in [3.63, 3.8) is 0 Å². The van der Waals surface area contributed by atoms with Crippen LogP contribution in [0.25, 0.3) is 10.1 Å². The highest BCUT2D eigenvalue weighted by Crippen LogP contribution is 2.35. The first kappa shape index (κ1) is 16.5. The van der Waals surface area contributed by atoms with Crippen LogP contribution < -0.4 is 5.32 Å². The molecule has 0 saturated carbocycles. The average molecular weight is 349 g/mol. The molecule has 0 unspecified atom stereocenters. The SMILES string of the molecule is Cc1c(CC(=O)Nc2ccccc2C(F)(F)F)sc2ccccc12. The molecule has 0 aliphatic carbocycles. The highest BCUT2D eigenvalue weighted by atomic mass is 32.1. The first-order valence-corrected chi connectivity index (χ1v) is 8.11. The Morgan fingerprint density at radius 3 is 2.46 bits per heavy atom. The summed E-state index contributed by atoms with van der Waals surface area (Å²) in [5.74, 6) is -0.457. The van der Waals surface area contributed by atoms with Gasteiger partial charge in [-0.1, -0.05) is 30.3 Å². The molecule has 24 heavy (non-hydrogen) atoms. The van der Waals surface area contributed by atoms with E-state index < -0.39 is 17.6 Å². The van der Waals surface area contributed by atoms with Gasteiger partial charge >= 0.3 is 6.18 Å². The van der Waals surface area contributed by atoms with Crippen molar-refractivity contribution in [2.45, 2.75) is 19.5 Å². The van der Waals surface area contributed by atoms with E-state index in [4.69, 9.17) is 0 Å². The Balaban J connectivity index is 1.82. The van der Waals surface area contributed by atoms with Crippen molar-refractivity contribution in [1.82, 2.24) is 0 Å². The third-order valence-electron chi connectivity index (χ3n) is 3.77. The third kappa shape index (κ3) is 3.28. The molecular weight excluding hydrogens is 335 g/mol. The summed E-state index contributed by atoms with van der Waals surface area (Å²) in [5.41, 5.74) is -0.0602. The molecule has 0 aliphatic rings. The number of nitrogens with one attached hydrogen (secondary N) is 1. The fraction of sp³-hybridized carbons (Fsp3) is 0.167. The lowest BCUT2D eigenvalue weighted by Gasteiger charge is -2.13. The van der Waals surface area contributed by atoms with E-state index in [-0.39, 0.29) is 12.1 Å². The topological polar surface area (TPSA) is 29.1 Å². The molecule has 0 radical (unpaired) electrons. The Morgan fingerprint density at radius 1 is 1.08 bits per heavy atom. The molecular formula is C18H14F3NOS. The van der Waals surface area contributed by atoms with E-state index in [1.807, 2.05) is 31.2 Å². The molecule has 0 fully saturated rings. The van der Waals surface area contributed by atoms with E-state index in [1.165, 1.54) is 29.5 Å². The molecule has 3 aromatic rings. The maximum Gasteiger partial charge on any atom is 0.418 e. The summed E-state index contributed by atoms with van der Waals surface area (Å²) in [5, 5.41) is 3.46. The molecule has 6 heteroatoms. The highest BCUT2D eigenvalue weighted by Gasteiger charge is 2.33. The zero-order chi connectivity index (χ0) is 17.3.